The zero-order chi connectivity index (χ0) is 22.6. The van der Waals surface area contributed by atoms with Crippen LogP contribution in [-0.2, 0) is 10.0 Å². The van der Waals surface area contributed by atoms with Gasteiger partial charge in [0.15, 0.2) is 0 Å². The van der Waals surface area contributed by atoms with Crippen LogP contribution in [0.5, 0.6) is 5.75 Å². The fraction of sp³-hybridized carbons (Fsp3) is 0.286. The predicted molar refractivity (Wildman–Crippen MR) is 120 cm³/mol. The zero-order valence-corrected chi connectivity index (χ0v) is 19.3. The van der Waals surface area contributed by atoms with Crippen molar-refractivity contribution in [2.45, 2.75) is 37.6 Å². The van der Waals surface area contributed by atoms with Gasteiger partial charge in [-0.1, -0.05) is 48.1 Å². The molecule has 1 atom stereocenters. The van der Waals surface area contributed by atoms with Crippen LogP contribution in [0.1, 0.15) is 46.4 Å². The summed E-state index contributed by atoms with van der Waals surface area (Å²) in [5, 5.41) is 10.3. The van der Waals surface area contributed by atoms with Gasteiger partial charge in [0.05, 0.1) is 7.11 Å². The van der Waals surface area contributed by atoms with Gasteiger partial charge in [0, 0.05) is 11.6 Å². The second-order valence-electron chi connectivity index (χ2n) is 7.01. The standard InChI is InChI=1S/C21H24N4O4S2/c1-5-17(15-9-10-18(29-4)14(3)12-15)25-31(27,28)21-24-23-20(30-21)22-19(26)16-8-6-7-13(2)11-16/h6-12,17,25H,5H2,1-4H3,(H,22,23,26). The minimum Gasteiger partial charge on any atom is -0.496 e. The number of anilines is 1. The summed E-state index contributed by atoms with van der Waals surface area (Å²) in [4.78, 5) is 12.4. The van der Waals surface area contributed by atoms with E-state index in [1.54, 1.807) is 25.3 Å². The average molecular weight is 461 g/mol. The lowest BCUT2D eigenvalue weighted by molar-refractivity contribution is 0.102. The highest BCUT2D eigenvalue weighted by atomic mass is 32.2. The molecule has 8 nitrogen and oxygen atoms in total. The van der Waals surface area contributed by atoms with Crippen LogP contribution in [0.25, 0.3) is 0 Å². The molecule has 3 aromatic rings. The van der Waals surface area contributed by atoms with Crippen LogP contribution >= 0.6 is 11.3 Å². The van der Waals surface area contributed by atoms with E-state index in [9.17, 15) is 13.2 Å². The Morgan fingerprint density at radius 2 is 1.94 bits per heavy atom. The molecule has 0 aliphatic carbocycles. The number of nitrogens with zero attached hydrogens (tertiary/aromatic N) is 2. The number of benzene rings is 2. The number of nitrogens with one attached hydrogen (secondary N) is 2. The largest absolute Gasteiger partial charge is 0.496 e. The molecule has 0 saturated heterocycles. The van der Waals surface area contributed by atoms with Gasteiger partial charge < -0.3 is 4.74 Å². The van der Waals surface area contributed by atoms with Gasteiger partial charge in [0.2, 0.25) is 9.47 Å². The molecule has 1 unspecified atom stereocenters. The van der Waals surface area contributed by atoms with Crippen molar-refractivity contribution < 1.29 is 17.9 Å². The van der Waals surface area contributed by atoms with E-state index >= 15 is 0 Å². The maximum absolute atomic E-state index is 12.9. The molecule has 0 spiro atoms. The lowest BCUT2D eigenvalue weighted by Crippen LogP contribution is -2.28. The third kappa shape index (κ3) is 5.46. The lowest BCUT2D eigenvalue weighted by Gasteiger charge is -2.17. The van der Waals surface area contributed by atoms with Crippen molar-refractivity contribution in [2.24, 2.45) is 0 Å². The summed E-state index contributed by atoms with van der Waals surface area (Å²) < 4.78 is 33.4. The quantitative estimate of drug-likeness (QED) is 0.494. The van der Waals surface area contributed by atoms with Gasteiger partial charge in [-0.05, 0) is 49.6 Å². The molecule has 0 fully saturated rings. The molecule has 1 aromatic heterocycles. The molecule has 0 radical (unpaired) electrons. The normalized spacial score (nSPS) is 12.4. The van der Waals surface area contributed by atoms with Gasteiger partial charge in [0.25, 0.3) is 15.9 Å². The van der Waals surface area contributed by atoms with Crippen LogP contribution in [0, 0.1) is 13.8 Å². The van der Waals surface area contributed by atoms with Gasteiger partial charge in [0.1, 0.15) is 5.75 Å². The Morgan fingerprint density at radius 3 is 2.58 bits per heavy atom. The van der Waals surface area contributed by atoms with E-state index in [0.717, 1.165) is 33.8 Å². The molecule has 10 heteroatoms. The topological polar surface area (TPSA) is 110 Å². The number of methoxy groups -OCH3 is 1. The monoisotopic (exact) mass is 460 g/mol. The first-order chi connectivity index (χ1) is 14.7. The van der Waals surface area contributed by atoms with Crippen molar-refractivity contribution in [1.82, 2.24) is 14.9 Å². The summed E-state index contributed by atoms with van der Waals surface area (Å²) in [5.74, 6) is 0.358. The molecular formula is C21H24N4O4S2. The molecule has 2 N–H and O–H groups in total. The van der Waals surface area contributed by atoms with E-state index in [-0.39, 0.29) is 15.4 Å². The molecule has 1 amide bonds. The minimum atomic E-state index is -3.92. The number of ether oxygens (including phenoxy) is 1. The van der Waals surface area contributed by atoms with Crippen LogP contribution < -0.4 is 14.8 Å². The fourth-order valence-corrected chi connectivity index (χ4v) is 5.29. The Morgan fingerprint density at radius 1 is 1.16 bits per heavy atom. The van der Waals surface area contributed by atoms with E-state index in [2.05, 4.69) is 20.2 Å². The van der Waals surface area contributed by atoms with Gasteiger partial charge in [-0.3, -0.25) is 10.1 Å². The number of sulfonamides is 1. The molecule has 0 aliphatic heterocycles. The maximum Gasteiger partial charge on any atom is 0.270 e. The summed E-state index contributed by atoms with van der Waals surface area (Å²) in [7, 11) is -2.33. The summed E-state index contributed by atoms with van der Waals surface area (Å²) in [6, 6.07) is 12.2. The van der Waals surface area contributed by atoms with Crippen LogP contribution in [-0.4, -0.2) is 31.6 Å². The first kappa shape index (κ1) is 22.9. The molecule has 0 aliphatic rings. The molecule has 1 heterocycles. The Hall–Kier alpha value is -2.82. The first-order valence-electron chi connectivity index (χ1n) is 9.62. The highest BCUT2D eigenvalue weighted by molar-refractivity contribution is 7.91. The molecule has 0 bridgehead atoms. The highest BCUT2D eigenvalue weighted by Gasteiger charge is 2.25. The van der Waals surface area contributed by atoms with Crippen molar-refractivity contribution in [3.8, 4) is 5.75 Å². The maximum atomic E-state index is 12.9. The van der Waals surface area contributed by atoms with Crippen LogP contribution in [0.2, 0.25) is 0 Å². The third-order valence-electron chi connectivity index (χ3n) is 4.66. The predicted octanol–water partition coefficient (Wildman–Crippen LogP) is 3.85. The van der Waals surface area contributed by atoms with Crippen molar-refractivity contribution in [2.75, 3.05) is 12.4 Å². The molecule has 164 valence electrons. The fourth-order valence-electron chi connectivity index (χ4n) is 3.07. The van der Waals surface area contributed by atoms with E-state index in [0.29, 0.717) is 12.0 Å². The smallest absolute Gasteiger partial charge is 0.270 e. The van der Waals surface area contributed by atoms with Crippen LogP contribution in [0.4, 0.5) is 5.13 Å². The zero-order valence-electron chi connectivity index (χ0n) is 17.7. The number of aromatic nitrogens is 2. The van der Waals surface area contributed by atoms with Gasteiger partial charge in [-0.2, -0.15) is 0 Å². The Balaban J connectivity index is 1.75. The number of hydrogen-bond acceptors (Lipinski definition) is 7. The number of carbonyl (C=O) groups excluding carboxylic acids is 1. The summed E-state index contributed by atoms with van der Waals surface area (Å²) in [6.07, 6.45) is 0.542. The van der Waals surface area contributed by atoms with E-state index in [4.69, 9.17) is 4.74 Å². The third-order valence-corrected chi connectivity index (χ3v) is 7.34. The first-order valence-corrected chi connectivity index (χ1v) is 11.9. The second kappa shape index (κ2) is 9.54. The SMILES string of the molecule is CCC(NS(=O)(=O)c1nnc(NC(=O)c2cccc(C)c2)s1)c1ccc(OC)c(C)c1. The molecule has 31 heavy (non-hydrogen) atoms. The van der Waals surface area contributed by atoms with E-state index < -0.39 is 16.1 Å². The molecule has 2 aromatic carbocycles. The van der Waals surface area contributed by atoms with E-state index in [1.165, 1.54) is 0 Å². The average Bonchev–Trinajstić information content (AvgIpc) is 3.21. The minimum absolute atomic E-state index is 0.111. The van der Waals surface area contributed by atoms with Crippen LogP contribution in [0.3, 0.4) is 0 Å². The van der Waals surface area contributed by atoms with Gasteiger partial charge >= 0.3 is 0 Å². The number of aryl methyl sites for hydroxylation is 2. The van der Waals surface area contributed by atoms with Crippen molar-refractivity contribution in [3.05, 3.63) is 64.7 Å². The van der Waals surface area contributed by atoms with Gasteiger partial charge in [-0.25, -0.2) is 13.1 Å². The Labute approximate surface area is 185 Å². The number of carbonyl (C=O) groups is 1. The Bertz CT molecular complexity index is 1190. The van der Waals surface area contributed by atoms with E-state index in [1.807, 2.05) is 45.0 Å². The van der Waals surface area contributed by atoms with Crippen molar-refractivity contribution in [1.29, 1.82) is 0 Å². The summed E-state index contributed by atoms with van der Waals surface area (Å²) in [5.41, 5.74) is 3.13. The van der Waals surface area contributed by atoms with Crippen LogP contribution in [0.15, 0.2) is 46.8 Å². The molecule has 0 saturated carbocycles. The van der Waals surface area contributed by atoms with Gasteiger partial charge in [-0.15, -0.1) is 10.2 Å². The van der Waals surface area contributed by atoms with Crippen molar-refractivity contribution in [3.63, 3.8) is 0 Å². The highest BCUT2D eigenvalue weighted by Crippen LogP contribution is 2.27. The molecular weight excluding hydrogens is 436 g/mol. The van der Waals surface area contributed by atoms with Crippen molar-refractivity contribution >= 4 is 32.4 Å². The Kier molecular flexibility index (Phi) is 7.04. The number of amides is 1. The second-order valence-corrected chi connectivity index (χ2v) is 9.87. The number of rotatable bonds is 8. The molecule has 3 rings (SSSR count). The lowest BCUT2D eigenvalue weighted by atomic mass is 10.0. The summed E-state index contributed by atoms with van der Waals surface area (Å²) >= 11 is 0.799. The summed E-state index contributed by atoms with van der Waals surface area (Å²) in [6.45, 7) is 5.67. The number of hydrogen-bond donors (Lipinski definition) is 2.